The Hall–Kier alpha value is -1.40. The highest BCUT2D eigenvalue weighted by Crippen LogP contribution is 2.17. The number of esters is 1. The van der Waals surface area contributed by atoms with Gasteiger partial charge in [-0.25, -0.2) is 0 Å². The molecule has 0 saturated carbocycles. The number of unbranched alkanes of at least 4 members (excludes halogenated alkanes) is 40. The minimum atomic E-state index is -0.670. The highest BCUT2D eigenvalue weighted by molar-refractivity contribution is 5.76. The molecule has 0 aliphatic rings. The molecular formula is C57H111NO5. The van der Waals surface area contributed by atoms with E-state index in [0.29, 0.717) is 25.9 Å². The Morgan fingerprint density at radius 3 is 1.16 bits per heavy atom. The summed E-state index contributed by atoms with van der Waals surface area (Å²) in [6, 6.07) is -0.548. The number of amides is 1. The van der Waals surface area contributed by atoms with Gasteiger partial charge in [-0.15, -0.1) is 0 Å². The topological polar surface area (TPSA) is 95.9 Å². The lowest BCUT2D eigenvalue weighted by atomic mass is 10.0. The Balaban J connectivity index is 3.44. The number of hydrogen-bond donors (Lipinski definition) is 3. The summed E-state index contributed by atoms with van der Waals surface area (Å²) in [5.74, 6) is -0.0496. The number of ether oxygens (including phenoxy) is 1. The predicted octanol–water partition coefficient (Wildman–Crippen LogP) is 17.3. The zero-order chi connectivity index (χ0) is 45.8. The van der Waals surface area contributed by atoms with Crippen LogP contribution in [0, 0.1) is 0 Å². The number of rotatable bonds is 53. The first-order chi connectivity index (χ1) is 31.0. The average molecular weight is 891 g/mol. The van der Waals surface area contributed by atoms with E-state index >= 15 is 0 Å². The third-order valence-electron chi connectivity index (χ3n) is 13.3. The summed E-state index contributed by atoms with van der Waals surface area (Å²) in [4.78, 5) is 24.5. The number of nitrogens with one attached hydrogen (secondary N) is 1. The van der Waals surface area contributed by atoms with E-state index in [0.717, 1.165) is 51.4 Å². The molecule has 0 radical (unpaired) electrons. The van der Waals surface area contributed by atoms with E-state index in [1.54, 1.807) is 0 Å². The quantitative estimate of drug-likeness (QED) is 0.0321. The Bertz CT molecular complexity index is 939. The van der Waals surface area contributed by atoms with E-state index in [1.165, 1.54) is 231 Å². The van der Waals surface area contributed by atoms with E-state index in [4.69, 9.17) is 4.74 Å². The van der Waals surface area contributed by atoms with Crippen molar-refractivity contribution in [3.05, 3.63) is 12.2 Å². The second kappa shape index (κ2) is 53.2. The highest BCUT2D eigenvalue weighted by Gasteiger charge is 2.20. The second-order valence-corrected chi connectivity index (χ2v) is 19.6. The van der Waals surface area contributed by atoms with Crippen molar-refractivity contribution in [2.24, 2.45) is 0 Å². The molecule has 0 aliphatic heterocycles. The molecule has 0 spiro atoms. The third-order valence-corrected chi connectivity index (χ3v) is 13.3. The summed E-state index contributed by atoms with van der Waals surface area (Å²) in [6.45, 7) is 4.93. The first-order valence-electron chi connectivity index (χ1n) is 28.4. The molecule has 0 heterocycles. The number of allylic oxidation sites excluding steroid dienone is 2. The summed E-state index contributed by atoms with van der Waals surface area (Å²) in [7, 11) is 0. The maximum atomic E-state index is 12.5. The lowest BCUT2D eigenvalue weighted by Gasteiger charge is -2.22. The first kappa shape index (κ1) is 61.6. The molecule has 0 aromatic heterocycles. The van der Waals surface area contributed by atoms with E-state index in [9.17, 15) is 19.8 Å². The number of aliphatic hydroxyl groups excluding tert-OH is 2. The van der Waals surface area contributed by atoms with Crippen LogP contribution in [0.15, 0.2) is 12.2 Å². The predicted molar refractivity (Wildman–Crippen MR) is 273 cm³/mol. The fourth-order valence-electron chi connectivity index (χ4n) is 8.93. The van der Waals surface area contributed by atoms with Gasteiger partial charge in [-0.1, -0.05) is 264 Å². The van der Waals surface area contributed by atoms with E-state index in [1.807, 2.05) is 0 Å². The smallest absolute Gasteiger partial charge is 0.305 e. The van der Waals surface area contributed by atoms with Gasteiger partial charge >= 0.3 is 5.97 Å². The molecule has 63 heavy (non-hydrogen) atoms. The van der Waals surface area contributed by atoms with Crippen LogP contribution in [0.4, 0.5) is 0 Å². The minimum Gasteiger partial charge on any atom is -0.466 e. The molecule has 2 atom stereocenters. The van der Waals surface area contributed by atoms with Crippen LogP contribution in [0.3, 0.4) is 0 Å². The van der Waals surface area contributed by atoms with Gasteiger partial charge in [0.15, 0.2) is 0 Å². The van der Waals surface area contributed by atoms with Crippen LogP contribution in [0.25, 0.3) is 0 Å². The van der Waals surface area contributed by atoms with E-state index < -0.39 is 12.1 Å². The molecule has 3 N–H and O–H groups in total. The summed E-state index contributed by atoms with van der Waals surface area (Å²) >= 11 is 0. The molecule has 0 fully saturated rings. The van der Waals surface area contributed by atoms with Crippen molar-refractivity contribution in [2.75, 3.05) is 13.2 Å². The van der Waals surface area contributed by atoms with Gasteiger partial charge in [0.05, 0.1) is 25.4 Å². The van der Waals surface area contributed by atoms with Crippen LogP contribution in [-0.2, 0) is 14.3 Å². The Labute approximate surface area is 393 Å². The standard InChI is InChI=1S/C57H111NO5/c1-3-5-7-9-11-13-15-17-18-19-20-21-23-26-29-33-37-41-45-49-55(60)54(53-59)58-56(61)50-46-42-38-34-30-27-24-22-25-28-32-36-40-44-48-52-63-57(62)51-47-43-39-35-31-16-14-12-10-8-6-4-2/h12,14,54-55,59-60H,3-11,13,15-53H2,1-2H3,(H,58,61)/b14-12-. The van der Waals surface area contributed by atoms with Gasteiger partial charge in [-0.3, -0.25) is 9.59 Å². The van der Waals surface area contributed by atoms with Crippen LogP contribution < -0.4 is 5.32 Å². The van der Waals surface area contributed by atoms with Crippen LogP contribution in [0.1, 0.15) is 316 Å². The van der Waals surface area contributed by atoms with Crippen molar-refractivity contribution in [1.82, 2.24) is 5.32 Å². The summed E-state index contributed by atoms with van der Waals surface area (Å²) in [5, 5.41) is 23.3. The molecule has 0 aromatic rings. The average Bonchev–Trinajstić information content (AvgIpc) is 3.28. The van der Waals surface area contributed by atoms with Crippen LogP contribution >= 0.6 is 0 Å². The lowest BCUT2D eigenvalue weighted by molar-refractivity contribution is -0.143. The molecule has 1 amide bonds. The van der Waals surface area contributed by atoms with E-state index in [-0.39, 0.29) is 18.5 Å². The molecule has 6 nitrogen and oxygen atoms in total. The lowest BCUT2D eigenvalue weighted by Crippen LogP contribution is -2.45. The molecule has 0 rings (SSSR count). The first-order valence-corrected chi connectivity index (χ1v) is 28.4. The van der Waals surface area contributed by atoms with Crippen molar-refractivity contribution in [3.63, 3.8) is 0 Å². The molecule has 0 aliphatic carbocycles. The molecule has 2 unspecified atom stereocenters. The number of aliphatic hydroxyl groups is 2. The van der Waals surface area contributed by atoms with Crippen molar-refractivity contribution < 1.29 is 24.5 Å². The third kappa shape index (κ3) is 49.9. The maximum absolute atomic E-state index is 12.5. The minimum absolute atomic E-state index is 0.00869. The zero-order valence-electron chi connectivity index (χ0n) is 42.6. The SMILES string of the molecule is CCCCC/C=C\CCCCCCCC(=O)OCCCCCCCCCCCCCCCCCC(=O)NC(CO)C(O)CCCCCCCCCCCCCCCCCCCCC. The summed E-state index contributed by atoms with van der Waals surface area (Å²) < 4.78 is 5.45. The van der Waals surface area contributed by atoms with Crippen molar-refractivity contribution in [2.45, 2.75) is 328 Å². The summed E-state index contributed by atoms with van der Waals surface area (Å²) in [6.07, 6.45) is 61.9. The van der Waals surface area contributed by atoms with Crippen LogP contribution in [0.2, 0.25) is 0 Å². The second-order valence-electron chi connectivity index (χ2n) is 19.6. The normalized spacial score (nSPS) is 12.6. The molecule has 0 saturated heterocycles. The fraction of sp³-hybridized carbons (Fsp3) is 0.930. The molecule has 374 valence electrons. The van der Waals surface area contributed by atoms with Crippen molar-refractivity contribution in [1.29, 1.82) is 0 Å². The van der Waals surface area contributed by atoms with Gasteiger partial charge in [0, 0.05) is 12.8 Å². The van der Waals surface area contributed by atoms with Gasteiger partial charge < -0.3 is 20.3 Å². The largest absolute Gasteiger partial charge is 0.466 e. The van der Waals surface area contributed by atoms with Crippen molar-refractivity contribution >= 4 is 11.9 Å². The van der Waals surface area contributed by atoms with Gasteiger partial charge in [-0.2, -0.15) is 0 Å². The monoisotopic (exact) mass is 890 g/mol. The Morgan fingerprint density at radius 1 is 0.429 bits per heavy atom. The molecular weight excluding hydrogens is 779 g/mol. The zero-order valence-corrected chi connectivity index (χ0v) is 42.6. The number of carbonyl (C=O) groups excluding carboxylic acids is 2. The number of carbonyl (C=O) groups is 2. The van der Waals surface area contributed by atoms with Gasteiger partial charge in [0.25, 0.3) is 0 Å². The van der Waals surface area contributed by atoms with Gasteiger partial charge in [-0.05, 0) is 51.4 Å². The molecule has 6 heteroatoms. The number of hydrogen-bond acceptors (Lipinski definition) is 5. The summed E-state index contributed by atoms with van der Waals surface area (Å²) in [5.41, 5.74) is 0. The Morgan fingerprint density at radius 2 is 0.746 bits per heavy atom. The highest BCUT2D eigenvalue weighted by atomic mass is 16.5. The fourth-order valence-corrected chi connectivity index (χ4v) is 8.93. The Kier molecular flexibility index (Phi) is 52.0. The van der Waals surface area contributed by atoms with Crippen LogP contribution in [-0.4, -0.2) is 47.4 Å². The van der Waals surface area contributed by atoms with Gasteiger partial charge in [0.1, 0.15) is 0 Å². The molecule has 0 bridgehead atoms. The van der Waals surface area contributed by atoms with E-state index in [2.05, 4.69) is 31.3 Å². The van der Waals surface area contributed by atoms with Gasteiger partial charge in [0.2, 0.25) is 5.91 Å². The molecule has 0 aromatic carbocycles. The van der Waals surface area contributed by atoms with Crippen LogP contribution in [0.5, 0.6) is 0 Å². The maximum Gasteiger partial charge on any atom is 0.305 e. The van der Waals surface area contributed by atoms with Crippen molar-refractivity contribution in [3.8, 4) is 0 Å².